The van der Waals surface area contributed by atoms with Crippen LogP contribution in [0.2, 0.25) is 0 Å². The van der Waals surface area contributed by atoms with Crippen molar-refractivity contribution < 1.29 is 31.1 Å². The van der Waals surface area contributed by atoms with E-state index in [-0.39, 0.29) is 31.1 Å². The van der Waals surface area contributed by atoms with E-state index >= 15 is 0 Å². The zero-order valence-electron chi connectivity index (χ0n) is 4.03. The van der Waals surface area contributed by atoms with Gasteiger partial charge in [0.2, 0.25) is 0 Å². The van der Waals surface area contributed by atoms with E-state index < -0.39 is 0 Å². The summed E-state index contributed by atoms with van der Waals surface area (Å²) < 4.78 is 0. The van der Waals surface area contributed by atoms with Crippen molar-refractivity contribution in [3.8, 4) is 0 Å². The summed E-state index contributed by atoms with van der Waals surface area (Å²) in [5.41, 5.74) is 0. The van der Waals surface area contributed by atoms with Gasteiger partial charge in [-0.05, 0) is 0 Å². The van der Waals surface area contributed by atoms with Crippen molar-refractivity contribution in [1.29, 1.82) is 0 Å². The summed E-state index contributed by atoms with van der Waals surface area (Å²) in [5.74, 6) is 0.927. The van der Waals surface area contributed by atoms with Gasteiger partial charge in [-0.15, -0.1) is 0 Å². The van der Waals surface area contributed by atoms with E-state index in [2.05, 4.69) is 19.6 Å². The quantitative estimate of drug-likeness (QED) is 0.690. The van der Waals surface area contributed by atoms with E-state index in [1.54, 1.807) is 0 Å². The van der Waals surface area contributed by atoms with Crippen LogP contribution in [0.15, 0.2) is 0 Å². The van der Waals surface area contributed by atoms with Gasteiger partial charge < -0.3 is 12.6 Å². The summed E-state index contributed by atoms with van der Waals surface area (Å²) in [5, 5.41) is 0. The van der Waals surface area contributed by atoms with Crippen LogP contribution in [-0.2, 0) is 12.6 Å². The Morgan fingerprint density at radius 2 is 2.00 bits per heavy atom. The molecule has 0 spiro atoms. The van der Waals surface area contributed by atoms with Gasteiger partial charge >= 0.3 is 0 Å². The van der Waals surface area contributed by atoms with Crippen LogP contribution in [0.5, 0.6) is 0 Å². The SMILES string of the molecule is CCCC[S-].[U]. The normalized spacial score (nSPS) is 7.00. The van der Waals surface area contributed by atoms with Crippen molar-refractivity contribution in [3.63, 3.8) is 0 Å². The Morgan fingerprint density at radius 1 is 1.50 bits per heavy atom. The summed E-state index contributed by atoms with van der Waals surface area (Å²) in [7, 11) is 0. The Hall–Kier alpha value is 1.40. The third-order valence-corrected chi connectivity index (χ3v) is 0.787. The number of hydrogen-bond donors (Lipinski definition) is 0. The van der Waals surface area contributed by atoms with E-state index in [1.165, 1.54) is 12.8 Å². The molecule has 0 fully saturated rings. The van der Waals surface area contributed by atoms with Crippen LogP contribution in [0, 0.1) is 31.1 Å². The molecule has 0 N–H and O–H groups in total. The maximum Gasteiger partial charge on any atom is 0 e. The molecule has 0 radical (unpaired) electrons. The van der Waals surface area contributed by atoms with Gasteiger partial charge in [0.05, 0.1) is 0 Å². The van der Waals surface area contributed by atoms with Gasteiger partial charge in [-0.1, -0.05) is 19.8 Å². The van der Waals surface area contributed by atoms with Gasteiger partial charge in [0.1, 0.15) is 0 Å². The second kappa shape index (κ2) is 9.64. The molecule has 0 aromatic carbocycles. The molecule has 0 aliphatic rings. The molecule has 0 bridgehead atoms. The predicted octanol–water partition coefficient (Wildman–Crippen LogP) is 1.33. The molecule has 0 saturated heterocycles. The second-order valence-corrected chi connectivity index (χ2v) is 1.47. The fraction of sp³-hybridized carbons (Fsp3) is 1.00. The number of hydrogen-bond acceptors (Lipinski definition) is 1. The first-order valence-corrected chi connectivity index (χ1v) is 2.57. The molecule has 2 heteroatoms. The van der Waals surface area contributed by atoms with E-state index in [0.717, 1.165) is 5.75 Å². The molecule has 0 atom stereocenters. The average molecular weight is 327 g/mol. The molecule has 0 nitrogen and oxygen atoms in total. The minimum atomic E-state index is 0. The largest absolute Gasteiger partial charge is 0.793 e. The molecule has 0 aromatic heterocycles. The third kappa shape index (κ3) is 9.04. The minimum absolute atomic E-state index is 0. The van der Waals surface area contributed by atoms with Crippen LogP contribution in [0.3, 0.4) is 0 Å². The Labute approximate surface area is 68.9 Å². The Bertz CT molecular complexity index is 15.0. The molecule has 0 aliphatic heterocycles. The second-order valence-electron chi connectivity index (χ2n) is 1.06. The van der Waals surface area contributed by atoms with Gasteiger partial charge in [0.25, 0.3) is 0 Å². The molecule has 36 valence electrons. The summed E-state index contributed by atoms with van der Waals surface area (Å²) in [4.78, 5) is 0. The van der Waals surface area contributed by atoms with Gasteiger partial charge in [0, 0.05) is 31.1 Å². The standard InChI is InChI=1S/C4H10S.U/c1-2-3-4-5;/h5H,2-4H2,1H3;/p-1. The first-order chi connectivity index (χ1) is 2.41. The van der Waals surface area contributed by atoms with Crippen LogP contribution in [-0.4, -0.2) is 5.75 Å². The zero-order valence-corrected chi connectivity index (χ0v) is 9.01. The Balaban J connectivity index is 0. The monoisotopic (exact) mass is 327 g/mol. The van der Waals surface area contributed by atoms with E-state index in [1.807, 2.05) is 0 Å². The third-order valence-electron chi connectivity index (χ3n) is 0.498. The molecule has 0 heterocycles. The molecule has 0 amide bonds. The minimum Gasteiger partial charge on any atom is -0.793 e. The van der Waals surface area contributed by atoms with Crippen LogP contribution in [0.1, 0.15) is 19.8 Å². The zero-order chi connectivity index (χ0) is 4.12. The first kappa shape index (κ1) is 10.4. The Kier molecular flexibility index (Phi) is 16.7. The molecule has 0 rings (SSSR count). The van der Waals surface area contributed by atoms with Crippen molar-refractivity contribution in [3.05, 3.63) is 0 Å². The molecule has 0 unspecified atom stereocenters. The maximum absolute atomic E-state index is 4.65. The van der Waals surface area contributed by atoms with Gasteiger partial charge in [-0.2, -0.15) is 5.75 Å². The van der Waals surface area contributed by atoms with Crippen LogP contribution < -0.4 is 0 Å². The fourth-order valence-electron chi connectivity index (χ4n) is 0.144. The van der Waals surface area contributed by atoms with E-state index in [4.69, 9.17) is 0 Å². The van der Waals surface area contributed by atoms with Crippen LogP contribution >= 0.6 is 0 Å². The summed E-state index contributed by atoms with van der Waals surface area (Å²) in [6.07, 6.45) is 2.44. The topological polar surface area (TPSA) is 0 Å². The summed E-state index contributed by atoms with van der Waals surface area (Å²) in [6, 6.07) is 0. The molecule has 0 aliphatic carbocycles. The van der Waals surface area contributed by atoms with Crippen molar-refractivity contribution in [2.45, 2.75) is 19.8 Å². The van der Waals surface area contributed by atoms with Crippen molar-refractivity contribution >= 4 is 12.6 Å². The molecule has 6 heavy (non-hydrogen) atoms. The van der Waals surface area contributed by atoms with Crippen molar-refractivity contribution in [1.82, 2.24) is 0 Å². The van der Waals surface area contributed by atoms with Crippen molar-refractivity contribution in [2.75, 3.05) is 5.75 Å². The number of rotatable bonds is 2. The number of unbranched alkanes of at least 4 members (excludes halogenated alkanes) is 1. The molecule has 0 aromatic rings. The van der Waals surface area contributed by atoms with Gasteiger partial charge in [-0.25, -0.2) is 0 Å². The van der Waals surface area contributed by atoms with Crippen molar-refractivity contribution in [2.24, 2.45) is 0 Å². The Morgan fingerprint density at radius 3 is 2.00 bits per heavy atom. The molecule has 0 saturated carbocycles. The molecular formula is C4H9SU-. The van der Waals surface area contributed by atoms with Gasteiger partial charge in [-0.3, -0.25) is 0 Å². The summed E-state index contributed by atoms with van der Waals surface area (Å²) in [6.45, 7) is 2.15. The fourth-order valence-corrected chi connectivity index (χ4v) is 0.433. The van der Waals surface area contributed by atoms with Crippen LogP contribution in [0.25, 0.3) is 0 Å². The maximum atomic E-state index is 4.65. The van der Waals surface area contributed by atoms with Crippen LogP contribution in [0.4, 0.5) is 0 Å². The molecular weight excluding hydrogens is 318 g/mol. The van der Waals surface area contributed by atoms with E-state index in [0.29, 0.717) is 0 Å². The average Bonchev–Trinajstić information content (AvgIpc) is 1.41. The van der Waals surface area contributed by atoms with Gasteiger partial charge in [0.15, 0.2) is 0 Å². The first-order valence-electron chi connectivity index (χ1n) is 2.00. The smallest absolute Gasteiger partial charge is 0 e. The summed E-state index contributed by atoms with van der Waals surface area (Å²) >= 11 is 4.65. The predicted molar refractivity (Wildman–Crippen MR) is 27.1 cm³/mol. The van der Waals surface area contributed by atoms with E-state index in [9.17, 15) is 0 Å².